The summed E-state index contributed by atoms with van der Waals surface area (Å²) in [6.45, 7) is 0.399. The number of benzene rings is 1. The molecule has 1 aromatic carbocycles. The van der Waals surface area contributed by atoms with E-state index < -0.39 is 17.7 Å². The van der Waals surface area contributed by atoms with Crippen LogP contribution in [0.4, 0.5) is 10.1 Å². The van der Waals surface area contributed by atoms with Gasteiger partial charge in [-0.15, -0.1) is 0 Å². The number of hydrogen-bond donors (Lipinski definition) is 2. The molecule has 6 nitrogen and oxygen atoms in total. The fourth-order valence-electron chi connectivity index (χ4n) is 2.38. The zero-order valence-corrected chi connectivity index (χ0v) is 13.0. The molecule has 1 aromatic rings. The molecule has 1 saturated heterocycles. The number of amides is 2. The normalized spacial score (nSPS) is 17.4. The summed E-state index contributed by atoms with van der Waals surface area (Å²) in [5, 5.41) is 11.1. The number of carbonyl (C=O) groups excluding carboxylic acids is 2. The molecule has 8 heteroatoms. The van der Waals surface area contributed by atoms with Gasteiger partial charge in [-0.2, -0.15) is 0 Å². The summed E-state index contributed by atoms with van der Waals surface area (Å²) < 4.78 is 13.5. The van der Waals surface area contributed by atoms with Crippen LogP contribution in [-0.4, -0.2) is 36.0 Å². The average Bonchev–Trinajstić information content (AvgIpc) is 2.88. The summed E-state index contributed by atoms with van der Waals surface area (Å²) >= 11 is 5.61. The first-order valence-electron chi connectivity index (χ1n) is 7.13. The zero-order chi connectivity index (χ0) is 17.0. The van der Waals surface area contributed by atoms with E-state index in [0.29, 0.717) is 12.1 Å². The number of aliphatic carboxylic acids is 1. The van der Waals surface area contributed by atoms with Gasteiger partial charge in [0.2, 0.25) is 11.8 Å². The van der Waals surface area contributed by atoms with Crippen LogP contribution in [0.3, 0.4) is 0 Å². The Morgan fingerprint density at radius 2 is 2.17 bits per heavy atom. The highest BCUT2D eigenvalue weighted by atomic mass is 35.5. The molecule has 0 saturated carbocycles. The van der Waals surface area contributed by atoms with E-state index in [9.17, 15) is 18.8 Å². The Bertz CT molecular complexity index is 638. The Labute approximate surface area is 137 Å². The summed E-state index contributed by atoms with van der Waals surface area (Å²) in [7, 11) is 0. The second-order valence-electron chi connectivity index (χ2n) is 5.29. The number of nitrogens with zero attached hydrogens (tertiary/aromatic N) is 1. The minimum Gasteiger partial charge on any atom is -0.481 e. The molecule has 1 atom stereocenters. The van der Waals surface area contributed by atoms with Crippen molar-refractivity contribution in [2.24, 2.45) is 5.92 Å². The molecular formula is C15H16ClFN2O4. The van der Waals surface area contributed by atoms with Crippen LogP contribution < -0.4 is 10.2 Å². The number of rotatable bonds is 6. The maximum absolute atomic E-state index is 13.5. The van der Waals surface area contributed by atoms with E-state index in [2.05, 4.69) is 5.32 Å². The predicted molar refractivity (Wildman–Crippen MR) is 81.7 cm³/mol. The van der Waals surface area contributed by atoms with Crippen molar-refractivity contribution in [3.05, 3.63) is 29.0 Å². The minimum absolute atomic E-state index is 0.0277. The Morgan fingerprint density at radius 1 is 1.43 bits per heavy atom. The van der Waals surface area contributed by atoms with Crippen molar-refractivity contribution >= 4 is 35.1 Å². The highest BCUT2D eigenvalue weighted by Gasteiger charge is 2.35. The van der Waals surface area contributed by atoms with Crippen LogP contribution in [0.25, 0.3) is 0 Å². The Morgan fingerprint density at radius 3 is 2.83 bits per heavy atom. The number of carboxylic acids is 1. The third-order valence-corrected chi connectivity index (χ3v) is 3.88. The van der Waals surface area contributed by atoms with Gasteiger partial charge in [-0.3, -0.25) is 14.4 Å². The number of carboxylic acid groups (broad SMARTS) is 1. The first-order valence-corrected chi connectivity index (χ1v) is 7.51. The lowest BCUT2D eigenvalue weighted by molar-refractivity contribution is -0.137. The lowest BCUT2D eigenvalue weighted by atomic mass is 10.1. The average molecular weight is 343 g/mol. The smallest absolute Gasteiger partial charge is 0.303 e. The summed E-state index contributed by atoms with van der Waals surface area (Å²) in [5.74, 6) is -2.66. The first-order chi connectivity index (χ1) is 10.9. The van der Waals surface area contributed by atoms with Gasteiger partial charge in [0.15, 0.2) is 0 Å². The third kappa shape index (κ3) is 4.41. The van der Waals surface area contributed by atoms with E-state index in [1.165, 1.54) is 17.0 Å². The van der Waals surface area contributed by atoms with E-state index in [0.717, 1.165) is 6.07 Å². The fraction of sp³-hybridized carbons (Fsp3) is 0.400. The van der Waals surface area contributed by atoms with Crippen LogP contribution in [0, 0.1) is 11.7 Å². The van der Waals surface area contributed by atoms with Crippen LogP contribution in [0.1, 0.15) is 19.3 Å². The van der Waals surface area contributed by atoms with Crippen molar-refractivity contribution in [3.8, 4) is 0 Å². The SMILES string of the molecule is O=C(O)CCCNC(=O)C1CC(=O)N(c2ccc(Cl)c(F)c2)C1. The maximum atomic E-state index is 13.5. The van der Waals surface area contributed by atoms with E-state index in [1.807, 2.05) is 0 Å². The summed E-state index contributed by atoms with van der Waals surface area (Å²) in [5.41, 5.74) is 0.359. The second kappa shape index (κ2) is 7.41. The molecule has 0 bridgehead atoms. The number of anilines is 1. The molecule has 1 heterocycles. The maximum Gasteiger partial charge on any atom is 0.303 e. The molecule has 0 radical (unpaired) electrons. The molecule has 2 rings (SSSR count). The van der Waals surface area contributed by atoms with Gasteiger partial charge in [-0.1, -0.05) is 11.6 Å². The summed E-state index contributed by atoms with van der Waals surface area (Å²) in [6, 6.07) is 4.04. The number of nitrogens with one attached hydrogen (secondary N) is 1. The number of halogens is 2. The Hall–Kier alpha value is -2.15. The van der Waals surface area contributed by atoms with Crippen molar-refractivity contribution in [2.75, 3.05) is 18.0 Å². The minimum atomic E-state index is -0.925. The molecule has 23 heavy (non-hydrogen) atoms. The zero-order valence-electron chi connectivity index (χ0n) is 12.2. The third-order valence-electron chi connectivity index (χ3n) is 3.58. The molecule has 2 amide bonds. The lowest BCUT2D eigenvalue weighted by Gasteiger charge is -2.17. The fourth-order valence-corrected chi connectivity index (χ4v) is 2.50. The predicted octanol–water partition coefficient (Wildman–Crippen LogP) is 1.81. The molecule has 0 spiro atoms. The van der Waals surface area contributed by atoms with Gasteiger partial charge in [0.1, 0.15) is 5.82 Å². The van der Waals surface area contributed by atoms with Crippen LogP contribution in [0.2, 0.25) is 5.02 Å². The molecule has 124 valence electrons. The van der Waals surface area contributed by atoms with Gasteiger partial charge >= 0.3 is 5.97 Å². The van der Waals surface area contributed by atoms with Crippen molar-refractivity contribution < 1.29 is 23.9 Å². The second-order valence-corrected chi connectivity index (χ2v) is 5.70. The molecule has 1 fully saturated rings. The van der Waals surface area contributed by atoms with Crippen molar-refractivity contribution in [1.29, 1.82) is 0 Å². The van der Waals surface area contributed by atoms with Gasteiger partial charge < -0.3 is 15.3 Å². The van der Waals surface area contributed by atoms with Crippen LogP contribution in [-0.2, 0) is 14.4 Å². The largest absolute Gasteiger partial charge is 0.481 e. The van der Waals surface area contributed by atoms with E-state index in [4.69, 9.17) is 16.7 Å². The summed E-state index contributed by atoms with van der Waals surface area (Å²) in [4.78, 5) is 35.8. The molecular weight excluding hydrogens is 327 g/mol. The quantitative estimate of drug-likeness (QED) is 0.772. The van der Waals surface area contributed by atoms with Crippen molar-refractivity contribution in [3.63, 3.8) is 0 Å². The molecule has 2 N–H and O–H groups in total. The monoisotopic (exact) mass is 342 g/mol. The van der Waals surface area contributed by atoms with Gasteiger partial charge in [0.25, 0.3) is 0 Å². The molecule has 1 unspecified atom stereocenters. The number of hydrogen-bond acceptors (Lipinski definition) is 3. The van der Waals surface area contributed by atoms with Gasteiger partial charge in [-0.25, -0.2) is 4.39 Å². The lowest BCUT2D eigenvalue weighted by Crippen LogP contribution is -2.33. The van der Waals surface area contributed by atoms with Crippen LogP contribution >= 0.6 is 11.6 Å². The first kappa shape index (κ1) is 17.2. The van der Waals surface area contributed by atoms with Crippen LogP contribution in [0.5, 0.6) is 0 Å². The summed E-state index contributed by atoms with van der Waals surface area (Å²) in [6.07, 6.45) is 0.336. The van der Waals surface area contributed by atoms with Crippen molar-refractivity contribution in [2.45, 2.75) is 19.3 Å². The van der Waals surface area contributed by atoms with Gasteiger partial charge in [0.05, 0.1) is 10.9 Å². The standard InChI is InChI=1S/C15H16ClFN2O4/c16-11-4-3-10(7-12(11)17)19-8-9(6-13(19)20)15(23)18-5-1-2-14(21)22/h3-4,7,9H,1-2,5-6,8H2,(H,18,23)(H,21,22). The van der Waals surface area contributed by atoms with Gasteiger partial charge in [-0.05, 0) is 24.6 Å². The highest BCUT2D eigenvalue weighted by Crippen LogP contribution is 2.28. The highest BCUT2D eigenvalue weighted by molar-refractivity contribution is 6.30. The molecule has 1 aliphatic heterocycles. The topological polar surface area (TPSA) is 86.7 Å². The molecule has 1 aliphatic rings. The van der Waals surface area contributed by atoms with Crippen molar-refractivity contribution in [1.82, 2.24) is 5.32 Å². The van der Waals surface area contributed by atoms with E-state index in [-0.39, 0.29) is 42.8 Å². The Kier molecular flexibility index (Phi) is 5.54. The Balaban J connectivity index is 1.92. The molecule has 0 aliphatic carbocycles. The van der Waals surface area contributed by atoms with E-state index >= 15 is 0 Å². The van der Waals surface area contributed by atoms with E-state index in [1.54, 1.807) is 0 Å². The van der Waals surface area contributed by atoms with Crippen LogP contribution in [0.15, 0.2) is 18.2 Å². The van der Waals surface area contributed by atoms with Gasteiger partial charge in [0, 0.05) is 31.6 Å². The number of carbonyl (C=O) groups is 3. The molecule has 0 aromatic heterocycles.